The van der Waals surface area contributed by atoms with Gasteiger partial charge in [-0.2, -0.15) is 0 Å². The molecule has 2 aromatic carbocycles. The summed E-state index contributed by atoms with van der Waals surface area (Å²) >= 11 is 3.22. The summed E-state index contributed by atoms with van der Waals surface area (Å²) in [5, 5.41) is 5.52. The molecule has 0 spiro atoms. The number of nitrogens with one attached hydrogen (secondary N) is 2. The summed E-state index contributed by atoms with van der Waals surface area (Å²) in [7, 11) is 1.57. The Labute approximate surface area is 190 Å². The van der Waals surface area contributed by atoms with Crippen molar-refractivity contribution in [3.8, 4) is 11.5 Å². The smallest absolute Gasteiger partial charge is 0.252 e. The first-order valence-corrected chi connectivity index (χ1v) is 10.8. The van der Waals surface area contributed by atoms with Gasteiger partial charge in [-0.3, -0.25) is 9.59 Å². The molecule has 0 bridgehead atoms. The molecular weight excluding hydrogens is 467 g/mol. The van der Waals surface area contributed by atoms with Crippen LogP contribution in [0.15, 0.2) is 40.9 Å². The van der Waals surface area contributed by atoms with Crippen LogP contribution in [0.25, 0.3) is 0 Å². The number of benzene rings is 2. The Morgan fingerprint density at radius 3 is 2.52 bits per heavy atom. The van der Waals surface area contributed by atoms with Gasteiger partial charge in [-0.15, -0.1) is 0 Å². The molecule has 0 radical (unpaired) electrons. The van der Waals surface area contributed by atoms with Gasteiger partial charge in [0.15, 0.2) is 11.5 Å². The molecule has 2 amide bonds. The van der Waals surface area contributed by atoms with Crippen LogP contribution in [0.5, 0.6) is 11.5 Å². The van der Waals surface area contributed by atoms with Crippen LogP contribution >= 0.6 is 15.9 Å². The Balaban J connectivity index is 1.87. The minimum Gasteiger partial charge on any atom is -0.493 e. The monoisotopic (exact) mass is 494 g/mol. The second-order valence-electron chi connectivity index (χ2n) is 7.53. The lowest BCUT2D eigenvalue weighted by Crippen LogP contribution is -2.32. The highest BCUT2D eigenvalue weighted by Crippen LogP contribution is 2.30. The standard InChI is InChI=1S/C23H28BrFN2O4/c1-14(2)13-31-20-8-5-16(11-21(20)30-4)15(3)27-22(28)9-10-26-23(29)18-12-17(25)6-7-19(18)24/h5-8,11-12,14-15H,9-10,13H2,1-4H3,(H,26,29)(H,27,28). The molecule has 1 unspecified atom stereocenters. The fraction of sp³-hybridized carbons (Fsp3) is 0.391. The van der Waals surface area contributed by atoms with Gasteiger partial charge in [0.25, 0.3) is 5.91 Å². The average molecular weight is 495 g/mol. The number of hydrogen-bond acceptors (Lipinski definition) is 4. The average Bonchev–Trinajstić information content (AvgIpc) is 2.73. The van der Waals surface area contributed by atoms with Gasteiger partial charge in [0, 0.05) is 17.4 Å². The van der Waals surface area contributed by atoms with Gasteiger partial charge < -0.3 is 20.1 Å². The minimum absolute atomic E-state index is 0.0930. The maximum atomic E-state index is 13.3. The van der Waals surface area contributed by atoms with Gasteiger partial charge in [0.05, 0.1) is 25.3 Å². The maximum absolute atomic E-state index is 13.3. The lowest BCUT2D eigenvalue weighted by Gasteiger charge is -2.18. The van der Waals surface area contributed by atoms with Gasteiger partial charge >= 0.3 is 0 Å². The second kappa shape index (κ2) is 11.7. The molecule has 2 aromatic rings. The quantitative estimate of drug-likeness (QED) is 0.504. The number of halogens is 2. The summed E-state index contributed by atoms with van der Waals surface area (Å²) in [5.41, 5.74) is 1.05. The van der Waals surface area contributed by atoms with Gasteiger partial charge in [-0.25, -0.2) is 4.39 Å². The van der Waals surface area contributed by atoms with E-state index in [-0.39, 0.29) is 30.5 Å². The normalized spacial score (nSPS) is 11.7. The molecule has 2 N–H and O–H groups in total. The zero-order valence-corrected chi connectivity index (χ0v) is 19.7. The first-order chi connectivity index (χ1) is 14.7. The number of amides is 2. The fourth-order valence-electron chi connectivity index (χ4n) is 2.78. The predicted molar refractivity (Wildman–Crippen MR) is 121 cm³/mol. The van der Waals surface area contributed by atoms with Gasteiger partial charge in [-0.05, 0) is 64.7 Å². The Morgan fingerprint density at radius 2 is 1.84 bits per heavy atom. The molecule has 6 nitrogen and oxygen atoms in total. The van der Waals surface area contributed by atoms with E-state index in [2.05, 4.69) is 40.4 Å². The molecule has 0 fully saturated rings. The molecule has 0 aliphatic carbocycles. The van der Waals surface area contributed by atoms with Crippen molar-refractivity contribution in [3.63, 3.8) is 0 Å². The first-order valence-electron chi connectivity index (χ1n) is 10.0. The third kappa shape index (κ3) is 7.54. The SMILES string of the molecule is COc1cc(C(C)NC(=O)CCNC(=O)c2cc(F)ccc2Br)ccc1OCC(C)C. The van der Waals surface area contributed by atoms with Crippen molar-refractivity contribution in [3.05, 3.63) is 57.8 Å². The number of methoxy groups -OCH3 is 1. The molecule has 2 rings (SSSR count). The van der Waals surface area contributed by atoms with E-state index < -0.39 is 11.7 Å². The summed E-state index contributed by atoms with van der Waals surface area (Å²) in [5.74, 6) is 0.483. The Kier molecular flexibility index (Phi) is 9.30. The van der Waals surface area contributed by atoms with E-state index in [0.29, 0.717) is 28.5 Å². The van der Waals surface area contributed by atoms with Crippen LogP contribution in [-0.4, -0.2) is 32.1 Å². The number of hydrogen-bond donors (Lipinski definition) is 2. The first kappa shape index (κ1) is 24.7. The van der Waals surface area contributed by atoms with Gasteiger partial charge in [0.1, 0.15) is 5.82 Å². The minimum atomic E-state index is -0.504. The van der Waals surface area contributed by atoms with Crippen molar-refractivity contribution >= 4 is 27.7 Å². The zero-order valence-electron chi connectivity index (χ0n) is 18.1. The predicted octanol–water partition coefficient (Wildman–Crippen LogP) is 4.63. The lowest BCUT2D eigenvalue weighted by molar-refractivity contribution is -0.121. The number of carbonyl (C=O) groups is 2. The van der Waals surface area contributed by atoms with Crippen LogP contribution in [-0.2, 0) is 4.79 Å². The van der Waals surface area contributed by atoms with Crippen molar-refractivity contribution in [2.75, 3.05) is 20.3 Å². The molecule has 1 atom stereocenters. The summed E-state index contributed by atoms with van der Waals surface area (Å²) in [6.45, 7) is 6.71. The van der Waals surface area contributed by atoms with Crippen LogP contribution in [0.4, 0.5) is 4.39 Å². The van der Waals surface area contributed by atoms with E-state index in [9.17, 15) is 14.0 Å². The molecule has 0 aliphatic heterocycles. The largest absolute Gasteiger partial charge is 0.493 e. The zero-order chi connectivity index (χ0) is 23.0. The van der Waals surface area contributed by atoms with Crippen LogP contribution in [0, 0.1) is 11.7 Å². The van der Waals surface area contributed by atoms with Crippen LogP contribution < -0.4 is 20.1 Å². The van der Waals surface area contributed by atoms with Gasteiger partial charge in [0.2, 0.25) is 5.91 Å². The number of rotatable bonds is 10. The highest BCUT2D eigenvalue weighted by Gasteiger charge is 2.15. The lowest BCUT2D eigenvalue weighted by atomic mass is 10.1. The molecule has 8 heteroatoms. The van der Waals surface area contributed by atoms with Crippen molar-refractivity contribution < 1.29 is 23.5 Å². The van der Waals surface area contributed by atoms with E-state index in [1.54, 1.807) is 7.11 Å². The molecule has 0 aromatic heterocycles. The highest BCUT2D eigenvalue weighted by molar-refractivity contribution is 9.10. The van der Waals surface area contributed by atoms with Crippen molar-refractivity contribution in [2.45, 2.75) is 33.2 Å². The summed E-state index contributed by atoms with van der Waals surface area (Å²) in [6, 6.07) is 9.16. The van der Waals surface area contributed by atoms with E-state index in [0.717, 1.165) is 11.6 Å². The molecule has 168 valence electrons. The van der Waals surface area contributed by atoms with E-state index >= 15 is 0 Å². The van der Waals surface area contributed by atoms with Crippen molar-refractivity contribution in [1.29, 1.82) is 0 Å². The fourth-order valence-corrected chi connectivity index (χ4v) is 3.21. The van der Waals surface area contributed by atoms with Gasteiger partial charge in [-0.1, -0.05) is 19.9 Å². The number of ether oxygens (including phenoxy) is 2. The van der Waals surface area contributed by atoms with Crippen LogP contribution in [0.1, 0.15) is 49.2 Å². The van der Waals surface area contributed by atoms with E-state index in [4.69, 9.17) is 9.47 Å². The second-order valence-corrected chi connectivity index (χ2v) is 8.39. The molecule has 0 saturated carbocycles. The maximum Gasteiger partial charge on any atom is 0.252 e. The highest BCUT2D eigenvalue weighted by atomic mass is 79.9. The van der Waals surface area contributed by atoms with E-state index in [1.807, 2.05) is 25.1 Å². The molecule has 0 aliphatic rings. The topological polar surface area (TPSA) is 76.7 Å². The Hall–Kier alpha value is -2.61. The third-order valence-corrected chi connectivity index (χ3v) is 5.14. The third-order valence-electron chi connectivity index (χ3n) is 4.45. The van der Waals surface area contributed by atoms with Crippen molar-refractivity contribution in [1.82, 2.24) is 10.6 Å². The summed E-state index contributed by atoms with van der Waals surface area (Å²) in [6.07, 6.45) is 0.0930. The summed E-state index contributed by atoms with van der Waals surface area (Å²) < 4.78 is 25.0. The van der Waals surface area contributed by atoms with Crippen LogP contribution in [0.3, 0.4) is 0 Å². The Morgan fingerprint density at radius 1 is 1.10 bits per heavy atom. The number of carbonyl (C=O) groups excluding carboxylic acids is 2. The summed E-state index contributed by atoms with van der Waals surface area (Å²) in [4.78, 5) is 24.5. The van der Waals surface area contributed by atoms with E-state index in [1.165, 1.54) is 12.1 Å². The Bertz CT molecular complexity index is 920. The van der Waals surface area contributed by atoms with Crippen molar-refractivity contribution in [2.24, 2.45) is 5.92 Å². The molecular formula is C23H28BrFN2O4. The molecule has 0 heterocycles. The molecule has 0 saturated heterocycles. The van der Waals surface area contributed by atoms with Crippen LogP contribution in [0.2, 0.25) is 0 Å². The molecule has 31 heavy (non-hydrogen) atoms.